The van der Waals surface area contributed by atoms with Gasteiger partial charge >= 0.3 is 0 Å². The van der Waals surface area contributed by atoms with Gasteiger partial charge in [0.25, 0.3) is 0 Å². The summed E-state index contributed by atoms with van der Waals surface area (Å²) >= 11 is 0. The summed E-state index contributed by atoms with van der Waals surface area (Å²) in [5, 5.41) is 23.0. The Balaban J connectivity index is 1.02. The van der Waals surface area contributed by atoms with E-state index >= 15 is 0 Å². The van der Waals surface area contributed by atoms with Crippen LogP contribution in [-0.4, -0.2) is 114 Å². The smallest absolute Gasteiger partial charge is 0.170 e. The lowest BCUT2D eigenvalue weighted by Crippen LogP contribution is -2.64. The molecule has 8 nitrogen and oxygen atoms in total. The molecule has 4 saturated carbocycles. The molecule has 0 bridgehead atoms. The van der Waals surface area contributed by atoms with Crippen LogP contribution in [0.15, 0.2) is 0 Å². The van der Waals surface area contributed by atoms with Gasteiger partial charge in [0.15, 0.2) is 6.29 Å². The molecular formula is C43H76N2O6. The minimum atomic E-state index is -1.01. The molecule has 2 N–H and O–H groups in total. The topological polar surface area (TPSA) is 83.9 Å². The van der Waals surface area contributed by atoms with Gasteiger partial charge in [-0.1, -0.05) is 48.0 Å². The predicted octanol–water partition coefficient (Wildman–Crippen LogP) is 6.89. The van der Waals surface area contributed by atoms with E-state index in [1.54, 1.807) is 0 Å². The molecule has 51 heavy (non-hydrogen) atoms. The van der Waals surface area contributed by atoms with Crippen molar-refractivity contribution in [2.45, 2.75) is 188 Å². The summed E-state index contributed by atoms with van der Waals surface area (Å²) in [6, 6.07) is 1.27. The molecule has 2 unspecified atom stereocenters. The number of morpholine rings is 1. The second-order valence-electron chi connectivity index (χ2n) is 21.0. The van der Waals surface area contributed by atoms with Crippen LogP contribution in [-0.2, 0) is 18.9 Å². The normalized spacial score (nSPS) is 46.2. The van der Waals surface area contributed by atoms with Gasteiger partial charge in [0.1, 0.15) is 6.10 Å². The molecule has 8 heteroatoms. The number of fused-ring (bicyclic) bond motifs is 1. The molecule has 7 rings (SSSR count). The van der Waals surface area contributed by atoms with E-state index in [4.69, 9.17) is 18.9 Å². The molecule has 3 saturated heterocycles. The molecule has 294 valence electrons. The molecular weight excluding hydrogens is 640 g/mol. The summed E-state index contributed by atoms with van der Waals surface area (Å²) in [6.45, 7) is 30.3. The van der Waals surface area contributed by atoms with Crippen molar-refractivity contribution in [3.05, 3.63) is 0 Å². The van der Waals surface area contributed by atoms with Crippen molar-refractivity contribution < 1.29 is 29.2 Å². The first-order chi connectivity index (χ1) is 23.8. The first-order valence-corrected chi connectivity index (χ1v) is 21.2. The van der Waals surface area contributed by atoms with E-state index in [0.717, 1.165) is 39.0 Å². The fourth-order valence-corrected chi connectivity index (χ4v) is 13.7. The lowest BCUT2D eigenvalue weighted by atomic mass is 9.52. The first-order valence-electron chi connectivity index (χ1n) is 21.2. The highest BCUT2D eigenvalue weighted by molar-refractivity contribution is 5.24. The Morgan fingerprint density at radius 2 is 1.73 bits per heavy atom. The molecule has 0 amide bonds. The third-order valence-electron chi connectivity index (χ3n) is 17.2. The number of nitrogens with zero attached hydrogens (tertiary/aromatic N) is 2. The Bertz CT molecular complexity index is 1250. The van der Waals surface area contributed by atoms with Crippen LogP contribution in [0, 0.1) is 44.8 Å². The second-order valence-corrected chi connectivity index (χ2v) is 21.0. The summed E-state index contributed by atoms with van der Waals surface area (Å²) < 4.78 is 26.3. The maximum Gasteiger partial charge on any atom is 0.170 e. The van der Waals surface area contributed by atoms with E-state index in [9.17, 15) is 10.2 Å². The zero-order chi connectivity index (χ0) is 36.9. The minimum absolute atomic E-state index is 0.0462. The molecule has 1 spiro atoms. The Kier molecular flexibility index (Phi) is 10.2. The van der Waals surface area contributed by atoms with Gasteiger partial charge in [-0.05, 0) is 131 Å². The number of aliphatic hydroxyl groups is 2. The average Bonchev–Trinajstić information content (AvgIpc) is 3.66. The number of hydrogen-bond donors (Lipinski definition) is 2. The van der Waals surface area contributed by atoms with Crippen LogP contribution < -0.4 is 0 Å². The van der Waals surface area contributed by atoms with Gasteiger partial charge in [0.05, 0.1) is 36.6 Å². The van der Waals surface area contributed by atoms with Gasteiger partial charge in [-0.2, -0.15) is 0 Å². The Hall–Kier alpha value is -0.320. The van der Waals surface area contributed by atoms with Crippen LogP contribution in [0.2, 0.25) is 0 Å². The van der Waals surface area contributed by atoms with Crippen LogP contribution in [0.25, 0.3) is 0 Å². The number of rotatable bonds is 11. The second kappa shape index (κ2) is 13.4. The highest BCUT2D eigenvalue weighted by Crippen LogP contribution is 2.82. The van der Waals surface area contributed by atoms with E-state index < -0.39 is 17.8 Å². The molecule has 7 fully saturated rings. The molecule has 12 atom stereocenters. The lowest BCUT2D eigenvalue weighted by molar-refractivity contribution is -0.248. The Labute approximate surface area is 311 Å². The van der Waals surface area contributed by atoms with E-state index in [1.165, 1.54) is 51.6 Å². The van der Waals surface area contributed by atoms with Crippen molar-refractivity contribution in [3.8, 4) is 0 Å². The van der Waals surface area contributed by atoms with Crippen LogP contribution in [0.5, 0.6) is 0 Å². The van der Waals surface area contributed by atoms with Crippen molar-refractivity contribution in [1.29, 1.82) is 0 Å². The fourth-order valence-electron chi connectivity index (χ4n) is 13.7. The SMILES string of the molecule is CCO[C@@H](C1C[C@@H](C)[C@H]2C(O1)[C@H](O)C(C)(C)[C@]2(C)CC[C@]12CCC[C@H]3C(C)(C)[C@@H](O[C@H]4CN(C5CN(C(C)C)C5)CCO4)CC[C@@]31C2)C(C)(C)O. The van der Waals surface area contributed by atoms with Crippen LogP contribution in [0.4, 0.5) is 0 Å². The maximum atomic E-state index is 12.0. The quantitative estimate of drug-likeness (QED) is 0.239. The summed E-state index contributed by atoms with van der Waals surface area (Å²) in [7, 11) is 0. The molecule has 0 aromatic rings. The van der Waals surface area contributed by atoms with Crippen molar-refractivity contribution in [2.24, 2.45) is 44.8 Å². The van der Waals surface area contributed by atoms with Crippen LogP contribution in [0.1, 0.15) is 134 Å². The Morgan fingerprint density at radius 3 is 2.39 bits per heavy atom. The molecule has 0 radical (unpaired) electrons. The maximum absolute atomic E-state index is 12.0. The van der Waals surface area contributed by atoms with E-state index in [0.29, 0.717) is 41.4 Å². The standard InChI is InChI=1S/C43H76N2O6/c1-12-48-37(40(9,10)47)30-22-28(4)34-35(50-30)36(46)39(7,8)41(34,11)18-19-42-16-13-14-31-38(5,6)32(15-17-43(31,42)26-42)51-33-25-44(20-21-49-33)29-23-45(24-29)27(2)3/h27-37,46-47H,12-26H2,1-11H3/t28-,30?,31+,32+,33+,34+,35?,36+,37+,41-,42+,43-/m1/s1. The predicted molar refractivity (Wildman–Crippen MR) is 201 cm³/mol. The molecule has 7 aliphatic rings. The van der Waals surface area contributed by atoms with Gasteiger partial charge in [0, 0.05) is 44.9 Å². The third kappa shape index (κ3) is 6.23. The zero-order valence-electron chi connectivity index (χ0n) is 34.4. The van der Waals surface area contributed by atoms with Gasteiger partial charge in [0.2, 0.25) is 0 Å². The average molecular weight is 717 g/mol. The summed E-state index contributed by atoms with van der Waals surface area (Å²) in [6.07, 6.45) is 9.68. The first kappa shape index (κ1) is 38.9. The highest BCUT2D eigenvalue weighted by Gasteiger charge is 2.75. The monoisotopic (exact) mass is 717 g/mol. The molecule has 3 heterocycles. The summed E-state index contributed by atoms with van der Waals surface area (Å²) in [4.78, 5) is 5.20. The summed E-state index contributed by atoms with van der Waals surface area (Å²) in [5.74, 6) is 1.33. The van der Waals surface area contributed by atoms with Crippen molar-refractivity contribution >= 4 is 0 Å². The van der Waals surface area contributed by atoms with Gasteiger partial charge in [-0.3, -0.25) is 9.80 Å². The van der Waals surface area contributed by atoms with Gasteiger partial charge in [-0.15, -0.1) is 0 Å². The van der Waals surface area contributed by atoms with E-state index in [2.05, 4.69) is 65.2 Å². The Morgan fingerprint density at radius 1 is 1.00 bits per heavy atom. The third-order valence-corrected chi connectivity index (χ3v) is 17.2. The van der Waals surface area contributed by atoms with Gasteiger partial charge in [-0.25, -0.2) is 0 Å². The minimum Gasteiger partial charge on any atom is -0.390 e. The van der Waals surface area contributed by atoms with Crippen LogP contribution in [0.3, 0.4) is 0 Å². The molecule has 4 aliphatic carbocycles. The zero-order valence-corrected chi connectivity index (χ0v) is 34.4. The lowest BCUT2D eigenvalue weighted by Gasteiger charge is -2.55. The molecule has 0 aromatic heterocycles. The van der Waals surface area contributed by atoms with E-state index in [-0.39, 0.29) is 46.8 Å². The van der Waals surface area contributed by atoms with E-state index in [1.807, 2.05) is 20.8 Å². The van der Waals surface area contributed by atoms with Crippen molar-refractivity contribution in [2.75, 3.05) is 39.4 Å². The molecule has 0 aromatic carbocycles. The number of hydrogen-bond acceptors (Lipinski definition) is 8. The number of ether oxygens (including phenoxy) is 4. The number of aliphatic hydroxyl groups excluding tert-OH is 1. The van der Waals surface area contributed by atoms with Gasteiger partial charge < -0.3 is 29.2 Å². The van der Waals surface area contributed by atoms with Crippen molar-refractivity contribution in [1.82, 2.24) is 9.80 Å². The van der Waals surface area contributed by atoms with Crippen molar-refractivity contribution in [3.63, 3.8) is 0 Å². The molecule has 3 aliphatic heterocycles. The number of likely N-dealkylation sites (tertiary alicyclic amines) is 1. The fraction of sp³-hybridized carbons (Fsp3) is 1.00. The van der Waals surface area contributed by atoms with Crippen LogP contribution >= 0.6 is 0 Å². The highest BCUT2D eigenvalue weighted by atomic mass is 16.7. The largest absolute Gasteiger partial charge is 0.390 e. The summed E-state index contributed by atoms with van der Waals surface area (Å²) in [5.41, 5.74) is -0.385.